The number of hydrogen-bond acceptors (Lipinski definition) is 3. The average Bonchev–Trinajstić information content (AvgIpc) is 2.04. The molecule has 1 rings (SSSR count). The Kier molecular flexibility index (Phi) is 2.02. The SMILES string of the molecule is COc1cnc(C#N)cc1F. The zero-order chi connectivity index (χ0) is 8.27. The summed E-state index contributed by atoms with van der Waals surface area (Å²) in [6.45, 7) is 0. The molecule has 0 spiro atoms. The Hall–Kier alpha value is -1.63. The van der Waals surface area contributed by atoms with Gasteiger partial charge >= 0.3 is 0 Å². The van der Waals surface area contributed by atoms with Crippen molar-refractivity contribution in [1.29, 1.82) is 5.26 Å². The predicted molar refractivity (Wildman–Crippen MR) is 35.5 cm³/mol. The van der Waals surface area contributed by atoms with Crippen LogP contribution in [0, 0.1) is 17.1 Å². The Bertz CT molecular complexity index is 306. The van der Waals surface area contributed by atoms with E-state index in [1.807, 2.05) is 0 Å². The Morgan fingerprint density at radius 1 is 1.73 bits per heavy atom. The second-order valence-corrected chi connectivity index (χ2v) is 1.82. The molecule has 0 saturated heterocycles. The highest BCUT2D eigenvalue weighted by Gasteiger charge is 2.02. The molecule has 56 valence electrons. The lowest BCUT2D eigenvalue weighted by atomic mass is 10.3. The van der Waals surface area contributed by atoms with Gasteiger partial charge in [-0.25, -0.2) is 9.37 Å². The number of methoxy groups -OCH3 is 1. The number of pyridine rings is 1. The van der Waals surface area contributed by atoms with E-state index < -0.39 is 5.82 Å². The van der Waals surface area contributed by atoms with Crippen LogP contribution in [0.4, 0.5) is 4.39 Å². The van der Waals surface area contributed by atoms with Crippen LogP contribution in [0.1, 0.15) is 5.69 Å². The van der Waals surface area contributed by atoms with Crippen LogP contribution in [0.5, 0.6) is 5.75 Å². The van der Waals surface area contributed by atoms with Gasteiger partial charge in [0.05, 0.1) is 13.3 Å². The quantitative estimate of drug-likeness (QED) is 0.605. The molecule has 0 saturated carbocycles. The smallest absolute Gasteiger partial charge is 0.172 e. The van der Waals surface area contributed by atoms with Gasteiger partial charge in [0.2, 0.25) is 0 Å². The van der Waals surface area contributed by atoms with Crippen LogP contribution >= 0.6 is 0 Å². The number of hydrogen-bond donors (Lipinski definition) is 0. The van der Waals surface area contributed by atoms with E-state index in [9.17, 15) is 4.39 Å². The molecule has 0 atom stereocenters. The summed E-state index contributed by atoms with van der Waals surface area (Å²) in [6.07, 6.45) is 1.17. The van der Waals surface area contributed by atoms with Crippen molar-refractivity contribution < 1.29 is 9.13 Å². The lowest BCUT2D eigenvalue weighted by Gasteiger charge is -1.98. The first-order chi connectivity index (χ1) is 5.27. The maximum Gasteiger partial charge on any atom is 0.172 e. The number of rotatable bonds is 1. The fourth-order valence-corrected chi connectivity index (χ4v) is 0.630. The van der Waals surface area contributed by atoms with Crippen molar-refractivity contribution in [3.8, 4) is 11.8 Å². The molecule has 0 fully saturated rings. The molecule has 0 bridgehead atoms. The van der Waals surface area contributed by atoms with Gasteiger partial charge in [0.25, 0.3) is 0 Å². The van der Waals surface area contributed by atoms with Crippen LogP contribution in [0.2, 0.25) is 0 Å². The van der Waals surface area contributed by atoms with Crippen LogP contribution < -0.4 is 4.74 Å². The zero-order valence-electron chi connectivity index (χ0n) is 5.84. The second-order valence-electron chi connectivity index (χ2n) is 1.82. The van der Waals surface area contributed by atoms with Crippen molar-refractivity contribution in [3.05, 3.63) is 23.8 Å². The summed E-state index contributed by atoms with van der Waals surface area (Å²) in [6, 6.07) is 2.74. The summed E-state index contributed by atoms with van der Waals surface area (Å²) in [5.41, 5.74) is 0.0447. The molecule has 0 aromatic carbocycles. The lowest BCUT2D eigenvalue weighted by Crippen LogP contribution is -1.91. The Balaban J connectivity index is 3.12. The molecular weight excluding hydrogens is 147 g/mol. The molecule has 11 heavy (non-hydrogen) atoms. The van der Waals surface area contributed by atoms with Gasteiger partial charge in [0, 0.05) is 6.07 Å². The highest BCUT2D eigenvalue weighted by Crippen LogP contribution is 2.14. The van der Waals surface area contributed by atoms with E-state index in [0.29, 0.717) is 0 Å². The summed E-state index contributed by atoms with van der Waals surface area (Å²) >= 11 is 0. The molecule has 0 aliphatic rings. The number of halogens is 1. The van der Waals surface area contributed by atoms with Gasteiger partial charge in [-0.3, -0.25) is 0 Å². The fourth-order valence-electron chi connectivity index (χ4n) is 0.630. The number of ether oxygens (including phenoxy) is 1. The van der Waals surface area contributed by atoms with Gasteiger partial charge in [-0.05, 0) is 0 Å². The van der Waals surface area contributed by atoms with Crippen LogP contribution in [-0.2, 0) is 0 Å². The molecule has 0 unspecified atom stereocenters. The third-order valence-electron chi connectivity index (χ3n) is 1.15. The first kappa shape index (κ1) is 7.48. The molecule has 0 N–H and O–H groups in total. The van der Waals surface area contributed by atoms with Crippen molar-refractivity contribution in [2.75, 3.05) is 7.11 Å². The molecule has 1 heterocycles. The van der Waals surface area contributed by atoms with Crippen molar-refractivity contribution in [2.45, 2.75) is 0 Å². The minimum atomic E-state index is -0.570. The molecule has 4 heteroatoms. The largest absolute Gasteiger partial charge is 0.492 e. The summed E-state index contributed by atoms with van der Waals surface area (Å²) in [4.78, 5) is 3.60. The number of nitriles is 1. The van der Waals surface area contributed by atoms with Crippen LogP contribution in [0.3, 0.4) is 0 Å². The van der Waals surface area contributed by atoms with E-state index in [0.717, 1.165) is 6.07 Å². The van der Waals surface area contributed by atoms with Gasteiger partial charge in [0.15, 0.2) is 11.6 Å². The van der Waals surface area contributed by atoms with Crippen molar-refractivity contribution in [2.24, 2.45) is 0 Å². The summed E-state index contributed by atoms with van der Waals surface area (Å²) in [5.74, 6) is -0.525. The Morgan fingerprint density at radius 3 is 2.91 bits per heavy atom. The van der Waals surface area contributed by atoms with E-state index in [4.69, 9.17) is 5.26 Å². The molecule has 1 aromatic rings. The highest BCUT2D eigenvalue weighted by molar-refractivity contribution is 5.28. The van der Waals surface area contributed by atoms with E-state index in [2.05, 4.69) is 9.72 Å². The first-order valence-electron chi connectivity index (χ1n) is 2.87. The molecule has 0 amide bonds. The standard InChI is InChI=1S/C7H5FN2O/c1-11-7-4-10-5(3-9)2-6(7)8/h2,4H,1H3. The van der Waals surface area contributed by atoms with E-state index >= 15 is 0 Å². The first-order valence-corrected chi connectivity index (χ1v) is 2.87. The molecular formula is C7H5FN2O. The van der Waals surface area contributed by atoms with Crippen molar-refractivity contribution >= 4 is 0 Å². The Morgan fingerprint density at radius 2 is 2.45 bits per heavy atom. The highest BCUT2D eigenvalue weighted by atomic mass is 19.1. The van der Waals surface area contributed by atoms with Gasteiger partial charge < -0.3 is 4.74 Å². The van der Waals surface area contributed by atoms with Gasteiger partial charge in [-0.2, -0.15) is 5.26 Å². The molecule has 3 nitrogen and oxygen atoms in total. The van der Waals surface area contributed by atoms with Crippen LogP contribution in [-0.4, -0.2) is 12.1 Å². The molecule has 1 aromatic heterocycles. The van der Waals surface area contributed by atoms with Gasteiger partial charge in [0.1, 0.15) is 11.8 Å². The van der Waals surface area contributed by atoms with Crippen molar-refractivity contribution in [3.63, 3.8) is 0 Å². The molecule has 0 aliphatic carbocycles. The lowest BCUT2D eigenvalue weighted by molar-refractivity contribution is 0.384. The van der Waals surface area contributed by atoms with Crippen molar-refractivity contribution in [1.82, 2.24) is 4.98 Å². The third kappa shape index (κ3) is 1.44. The summed E-state index contributed by atoms with van der Waals surface area (Å²) in [5, 5.41) is 8.31. The number of aromatic nitrogens is 1. The average molecular weight is 152 g/mol. The number of nitrogens with zero attached hydrogens (tertiary/aromatic N) is 2. The zero-order valence-corrected chi connectivity index (χ0v) is 5.84. The minimum Gasteiger partial charge on any atom is -0.492 e. The third-order valence-corrected chi connectivity index (χ3v) is 1.15. The maximum atomic E-state index is 12.7. The van der Waals surface area contributed by atoms with E-state index in [1.54, 1.807) is 6.07 Å². The topological polar surface area (TPSA) is 45.9 Å². The molecule has 0 radical (unpaired) electrons. The summed E-state index contributed by atoms with van der Waals surface area (Å²) < 4.78 is 17.3. The Labute approximate surface area is 63.1 Å². The minimum absolute atomic E-state index is 0.0447. The van der Waals surface area contributed by atoms with E-state index in [1.165, 1.54) is 13.3 Å². The van der Waals surface area contributed by atoms with Gasteiger partial charge in [-0.15, -0.1) is 0 Å². The maximum absolute atomic E-state index is 12.7. The van der Waals surface area contributed by atoms with Gasteiger partial charge in [-0.1, -0.05) is 0 Å². The van der Waals surface area contributed by atoms with E-state index in [-0.39, 0.29) is 11.4 Å². The second kappa shape index (κ2) is 2.97. The fraction of sp³-hybridized carbons (Fsp3) is 0.143. The van der Waals surface area contributed by atoms with Crippen LogP contribution in [0.25, 0.3) is 0 Å². The van der Waals surface area contributed by atoms with Crippen LogP contribution in [0.15, 0.2) is 12.3 Å². The molecule has 0 aliphatic heterocycles. The predicted octanol–water partition coefficient (Wildman–Crippen LogP) is 1.10. The normalized spacial score (nSPS) is 8.82. The summed E-state index contributed by atoms with van der Waals surface area (Å²) in [7, 11) is 1.34. The monoisotopic (exact) mass is 152 g/mol.